The third-order valence-corrected chi connectivity index (χ3v) is 3.46. The molecule has 0 bridgehead atoms. The molecule has 0 N–H and O–H groups in total. The predicted octanol–water partition coefficient (Wildman–Crippen LogP) is 1.73. The topological polar surface area (TPSA) is 29.5 Å². The first kappa shape index (κ1) is 10.7. The number of carbonyl (C=O) groups excluding carboxylic acids is 1. The van der Waals surface area contributed by atoms with Crippen LogP contribution in [0.25, 0.3) is 0 Å². The Labute approximate surface area is 91.1 Å². The first-order valence-electron chi connectivity index (χ1n) is 5.82. The van der Waals surface area contributed by atoms with Crippen LogP contribution in [0.1, 0.15) is 33.1 Å². The van der Waals surface area contributed by atoms with Gasteiger partial charge in [0.2, 0.25) is 5.91 Å². The highest BCUT2D eigenvalue weighted by atomic mass is 16.5. The molecule has 3 nitrogen and oxygen atoms in total. The van der Waals surface area contributed by atoms with Gasteiger partial charge in [0, 0.05) is 12.1 Å². The standard InChI is InChI=1S/C12H19NO2/c1-9-10(2)15-8-7-13(9)12(14)11-5-3-4-6-11/h5,9-10H,3-4,6-8H2,1-2H3/t9-,10+/m1/s1. The summed E-state index contributed by atoms with van der Waals surface area (Å²) in [5, 5.41) is 0. The molecule has 0 aromatic carbocycles. The molecule has 2 aliphatic rings. The fourth-order valence-electron chi connectivity index (χ4n) is 2.27. The summed E-state index contributed by atoms with van der Waals surface area (Å²) in [4.78, 5) is 14.1. The van der Waals surface area contributed by atoms with E-state index in [2.05, 4.69) is 13.0 Å². The second-order valence-corrected chi connectivity index (χ2v) is 4.44. The molecular weight excluding hydrogens is 190 g/mol. The highest BCUT2D eigenvalue weighted by Crippen LogP contribution is 2.23. The van der Waals surface area contributed by atoms with Crippen molar-refractivity contribution in [3.63, 3.8) is 0 Å². The van der Waals surface area contributed by atoms with Crippen LogP contribution in [0.3, 0.4) is 0 Å². The number of carbonyl (C=O) groups is 1. The van der Waals surface area contributed by atoms with E-state index < -0.39 is 0 Å². The van der Waals surface area contributed by atoms with E-state index in [1.807, 2.05) is 11.8 Å². The van der Waals surface area contributed by atoms with Gasteiger partial charge >= 0.3 is 0 Å². The quantitative estimate of drug-likeness (QED) is 0.658. The third-order valence-electron chi connectivity index (χ3n) is 3.46. The zero-order chi connectivity index (χ0) is 10.8. The molecule has 3 heteroatoms. The molecule has 1 amide bonds. The average Bonchev–Trinajstić information content (AvgIpc) is 2.74. The third kappa shape index (κ3) is 2.07. The average molecular weight is 209 g/mol. The Kier molecular flexibility index (Phi) is 3.10. The van der Waals surface area contributed by atoms with Crippen molar-refractivity contribution in [1.82, 2.24) is 4.90 Å². The van der Waals surface area contributed by atoms with Crippen molar-refractivity contribution in [3.8, 4) is 0 Å². The minimum Gasteiger partial charge on any atom is -0.375 e. The van der Waals surface area contributed by atoms with E-state index in [1.165, 1.54) is 0 Å². The monoisotopic (exact) mass is 209 g/mol. The Morgan fingerprint density at radius 3 is 3.00 bits per heavy atom. The number of allylic oxidation sites excluding steroid dienone is 1. The van der Waals surface area contributed by atoms with Crippen molar-refractivity contribution >= 4 is 5.91 Å². The summed E-state index contributed by atoms with van der Waals surface area (Å²) in [5.41, 5.74) is 1.01. The molecule has 0 aromatic heterocycles. The number of hydrogen-bond donors (Lipinski definition) is 0. The normalized spacial score (nSPS) is 31.6. The van der Waals surface area contributed by atoms with Crippen LogP contribution in [0.4, 0.5) is 0 Å². The molecule has 0 unspecified atom stereocenters. The fraction of sp³-hybridized carbons (Fsp3) is 0.750. The van der Waals surface area contributed by atoms with Gasteiger partial charge < -0.3 is 9.64 Å². The van der Waals surface area contributed by atoms with E-state index in [4.69, 9.17) is 4.74 Å². The number of hydrogen-bond acceptors (Lipinski definition) is 2. The predicted molar refractivity (Wildman–Crippen MR) is 58.5 cm³/mol. The molecule has 1 fully saturated rings. The highest BCUT2D eigenvalue weighted by molar-refractivity contribution is 5.94. The summed E-state index contributed by atoms with van der Waals surface area (Å²) in [5.74, 6) is 0.232. The summed E-state index contributed by atoms with van der Waals surface area (Å²) in [6, 6.07) is 0.202. The maximum Gasteiger partial charge on any atom is 0.249 e. The van der Waals surface area contributed by atoms with Crippen LogP contribution in [-0.4, -0.2) is 36.1 Å². The van der Waals surface area contributed by atoms with E-state index in [0.717, 1.165) is 31.4 Å². The Balaban J connectivity index is 2.05. The second-order valence-electron chi connectivity index (χ2n) is 4.44. The molecule has 15 heavy (non-hydrogen) atoms. The summed E-state index contributed by atoms with van der Waals surface area (Å²) in [6.45, 7) is 5.51. The van der Waals surface area contributed by atoms with Gasteiger partial charge in [0.15, 0.2) is 0 Å². The molecule has 0 radical (unpaired) electrons. The van der Waals surface area contributed by atoms with E-state index in [9.17, 15) is 4.79 Å². The van der Waals surface area contributed by atoms with E-state index >= 15 is 0 Å². The first-order valence-corrected chi connectivity index (χ1v) is 5.82. The van der Waals surface area contributed by atoms with E-state index in [0.29, 0.717) is 6.61 Å². The van der Waals surface area contributed by atoms with Gasteiger partial charge in [-0.2, -0.15) is 0 Å². The van der Waals surface area contributed by atoms with Gasteiger partial charge in [0.25, 0.3) is 0 Å². The Hall–Kier alpha value is -0.830. The van der Waals surface area contributed by atoms with Gasteiger partial charge in [-0.05, 0) is 33.1 Å². The maximum absolute atomic E-state index is 12.2. The molecule has 1 heterocycles. The van der Waals surface area contributed by atoms with Gasteiger partial charge in [-0.3, -0.25) is 4.79 Å². The van der Waals surface area contributed by atoms with Crippen molar-refractivity contribution in [2.24, 2.45) is 0 Å². The Morgan fingerprint density at radius 1 is 1.53 bits per heavy atom. The molecule has 0 saturated carbocycles. The molecule has 2 rings (SSSR count). The van der Waals surface area contributed by atoms with Crippen LogP contribution in [0, 0.1) is 0 Å². The van der Waals surface area contributed by atoms with Crippen LogP contribution in [-0.2, 0) is 9.53 Å². The van der Waals surface area contributed by atoms with Gasteiger partial charge in [-0.25, -0.2) is 0 Å². The molecule has 0 spiro atoms. The van der Waals surface area contributed by atoms with Gasteiger partial charge in [-0.15, -0.1) is 0 Å². The smallest absolute Gasteiger partial charge is 0.249 e. The summed E-state index contributed by atoms with van der Waals surface area (Å²) < 4.78 is 5.52. The highest BCUT2D eigenvalue weighted by Gasteiger charge is 2.30. The molecule has 1 saturated heterocycles. The van der Waals surface area contributed by atoms with Crippen molar-refractivity contribution in [2.75, 3.05) is 13.2 Å². The molecule has 1 aliphatic carbocycles. The lowest BCUT2D eigenvalue weighted by atomic mass is 10.1. The van der Waals surface area contributed by atoms with Crippen molar-refractivity contribution in [2.45, 2.75) is 45.3 Å². The number of morpholine rings is 1. The Bertz CT molecular complexity index is 285. The number of nitrogens with zero attached hydrogens (tertiary/aromatic N) is 1. The van der Waals surface area contributed by atoms with Crippen LogP contribution in [0.5, 0.6) is 0 Å². The zero-order valence-corrected chi connectivity index (χ0v) is 9.53. The zero-order valence-electron chi connectivity index (χ0n) is 9.53. The van der Waals surface area contributed by atoms with Gasteiger partial charge in [-0.1, -0.05) is 6.08 Å². The van der Waals surface area contributed by atoms with Crippen LogP contribution < -0.4 is 0 Å². The van der Waals surface area contributed by atoms with E-state index in [1.54, 1.807) is 0 Å². The van der Waals surface area contributed by atoms with Gasteiger partial charge in [0.1, 0.15) is 0 Å². The largest absolute Gasteiger partial charge is 0.375 e. The van der Waals surface area contributed by atoms with Gasteiger partial charge in [0.05, 0.1) is 18.8 Å². The molecular formula is C12H19NO2. The minimum atomic E-state index is 0.157. The summed E-state index contributed by atoms with van der Waals surface area (Å²) >= 11 is 0. The number of rotatable bonds is 1. The molecule has 2 atom stereocenters. The minimum absolute atomic E-state index is 0.157. The lowest BCUT2D eigenvalue weighted by molar-refractivity contribution is -0.139. The second kappa shape index (κ2) is 4.35. The lowest BCUT2D eigenvalue weighted by Gasteiger charge is -2.38. The van der Waals surface area contributed by atoms with Crippen LogP contribution in [0.2, 0.25) is 0 Å². The van der Waals surface area contributed by atoms with E-state index in [-0.39, 0.29) is 18.1 Å². The number of ether oxygens (including phenoxy) is 1. The fourth-order valence-corrected chi connectivity index (χ4v) is 2.27. The Morgan fingerprint density at radius 2 is 2.33 bits per heavy atom. The lowest BCUT2D eigenvalue weighted by Crippen LogP contribution is -2.51. The molecule has 0 aromatic rings. The molecule has 84 valence electrons. The molecule has 1 aliphatic heterocycles. The van der Waals surface area contributed by atoms with Crippen molar-refractivity contribution < 1.29 is 9.53 Å². The summed E-state index contributed by atoms with van der Waals surface area (Å²) in [6.07, 6.45) is 5.40. The van der Waals surface area contributed by atoms with Crippen molar-refractivity contribution in [1.29, 1.82) is 0 Å². The SMILES string of the molecule is C[C@@H]1OCCN(C(=O)C2=CCCC2)[C@@H]1C. The van der Waals surface area contributed by atoms with Crippen LogP contribution in [0.15, 0.2) is 11.6 Å². The summed E-state index contributed by atoms with van der Waals surface area (Å²) in [7, 11) is 0. The van der Waals surface area contributed by atoms with Crippen molar-refractivity contribution in [3.05, 3.63) is 11.6 Å². The van der Waals surface area contributed by atoms with Crippen LogP contribution >= 0.6 is 0 Å². The first-order chi connectivity index (χ1) is 7.20. The number of amides is 1. The maximum atomic E-state index is 12.2.